The topological polar surface area (TPSA) is 37.8 Å². The fourth-order valence-corrected chi connectivity index (χ4v) is 2.06. The van der Waals surface area contributed by atoms with Gasteiger partial charge in [-0.3, -0.25) is 0 Å². The van der Waals surface area contributed by atoms with Crippen molar-refractivity contribution in [3.05, 3.63) is 71.6 Å². The van der Waals surface area contributed by atoms with Crippen molar-refractivity contribution in [3.63, 3.8) is 0 Å². The summed E-state index contributed by atoms with van der Waals surface area (Å²) in [6.45, 7) is 0. The van der Waals surface area contributed by atoms with Crippen LogP contribution in [0.5, 0.6) is 0 Å². The smallest absolute Gasteiger partial charge is 0.163 e. The molecule has 21 heavy (non-hydrogen) atoms. The fraction of sp³-hybridized carbons (Fsp3) is 0. The molecule has 0 atom stereocenters. The monoisotopic (exact) mass is 299 g/mol. The Morgan fingerprint density at radius 2 is 1.62 bits per heavy atom. The van der Waals surface area contributed by atoms with Crippen LogP contribution in [-0.4, -0.2) is 9.97 Å². The summed E-state index contributed by atoms with van der Waals surface area (Å²) in [4.78, 5) is 8.64. The molecule has 0 spiro atoms. The van der Waals surface area contributed by atoms with Gasteiger partial charge in [-0.25, -0.2) is 14.4 Å². The number of anilines is 2. The molecule has 0 aliphatic rings. The van der Waals surface area contributed by atoms with Crippen molar-refractivity contribution in [1.29, 1.82) is 0 Å². The summed E-state index contributed by atoms with van der Waals surface area (Å²) in [7, 11) is 0. The zero-order valence-electron chi connectivity index (χ0n) is 10.9. The summed E-state index contributed by atoms with van der Waals surface area (Å²) in [6, 6.07) is 17.2. The molecule has 0 saturated carbocycles. The van der Waals surface area contributed by atoms with Gasteiger partial charge >= 0.3 is 0 Å². The second-order valence-electron chi connectivity index (χ2n) is 4.40. The Balaban J connectivity index is 1.93. The van der Waals surface area contributed by atoms with Crippen LogP contribution in [0.15, 0.2) is 60.7 Å². The van der Waals surface area contributed by atoms with Gasteiger partial charge in [0.1, 0.15) is 16.8 Å². The van der Waals surface area contributed by atoms with E-state index in [1.807, 2.05) is 30.3 Å². The maximum atomic E-state index is 12.9. The lowest BCUT2D eigenvalue weighted by atomic mass is 10.2. The van der Waals surface area contributed by atoms with E-state index < -0.39 is 0 Å². The number of aromatic nitrogens is 2. The number of hydrogen-bond acceptors (Lipinski definition) is 3. The minimum absolute atomic E-state index is 0.286. The molecule has 0 aliphatic heterocycles. The third kappa shape index (κ3) is 3.35. The van der Waals surface area contributed by atoms with Crippen molar-refractivity contribution in [2.75, 3.05) is 5.32 Å². The van der Waals surface area contributed by atoms with E-state index in [2.05, 4.69) is 15.3 Å². The van der Waals surface area contributed by atoms with Gasteiger partial charge < -0.3 is 5.32 Å². The number of hydrogen-bond donors (Lipinski definition) is 1. The summed E-state index contributed by atoms with van der Waals surface area (Å²) in [6.07, 6.45) is 0. The van der Waals surface area contributed by atoms with Gasteiger partial charge in [-0.15, -0.1) is 0 Å². The molecule has 0 bridgehead atoms. The van der Waals surface area contributed by atoms with Crippen LogP contribution in [0.2, 0.25) is 5.15 Å². The van der Waals surface area contributed by atoms with Crippen LogP contribution < -0.4 is 5.32 Å². The molecule has 2 aromatic carbocycles. The van der Waals surface area contributed by atoms with Crippen molar-refractivity contribution in [2.45, 2.75) is 0 Å². The molecule has 0 amide bonds. The fourth-order valence-electron chi connectivity index (χ4n) is 1.88. The Labute approximate surface area is 126 Å². The van der Waals surface area contributed by atoms with Crippen LogP contribution in [0, 0.1) is 5.82 Å². The van der Waals surface area contributed by atoms with E-state index >= 15 is 0 Å². The second kappa shape index (κ2) is 5.89. The summed E-state index contributed by atoms with van der Waals surface area (Å²) >= 11 is 6.04. The number of benzene rings is 2. The molecule has 0 saturated heterocycles. The number of halogens is 2. The van der Waals surface area contributed by atoms with E-state index in [4.69, 9.17) is 11.6 Å². The van der Waals surface area contributed by atoms with Gasteiger partial charge in [0.15, 0.2) is 5.82 Å². The Hall–Kier alpha value is -2.46. The molecular formula is C16H11ClFN3. The Morgan fingerprint density at radius 3 is 2.33 bits per heavy atom. The summed E-state index contributed by atoms with van der Waals surface area (Å²) < 4.78 is 12.9. The predicted molar refractivity (Wildman–Crippen MR) is 82.2 cm³/mol. The minimum atomic E-state index is -0.286. The van der Waals surface area contributed by atoms with Crippen LogP contribution >= 0.6 is 11.6 Å². The highest BCUT2D eigenvalue weighted by atomic mass is 35.5. The van der Waals surface area contributed by atoms with Crippen molar-refractivity contribution in [3.8, 4) is 11.4 Å². The summed E-state index contributed by atoms with van der Waals surface area (Å²) in [5.41, 5.74) is 1.60. The Morgan fingerprint density at radius 1 is 0.905 bits per heavy atom. The molecule has 3 aromatic rings. The molecule has 0 radical (unpaired) electrons. The highest BCUT2D eigenvalue weighted by molar-refractivity contribution is 6.29. The Kier molecular flexibility index (Phi) is 3.79. The second-order valence-corrected chi connectivity index (χ2v) is 4.78. The highest BCUT2D eigenvalue weighted by Gasteiger charge is 2.06. The standard InChI is InChI=1S/C16H11ClFN3/c17-14-10-15(19-13-8-6-12(18)7-9-13)21-16(20-14)11-4-2-1-3-5-11/h1-10H,(H,19,20,21). The normalized spacial score (nSPS) is 10.4. The zero-order valence-corrected chi connectivity index (χ0v) is 11.7. The average Bonchev–Trinajstić information content (AvgIpc) is 2.50. The quantitative estimate of drug-likeness (QED) is 0.714. The van der Waals surface area contributed by atoms with Gasteiger partial charge in [0, 0.05) is 17.3 Å². The van der Waals surface area contributed by atoms with E-state index in [0.717, 1.165) is 11.3 Å². The largest absolute Gasteiger partial charge is 0.340 e. The minimum Gasteiger partial charge on any atom is -0.340 e. The summed E-state index contributed by atoms with van der Waals surface area (Å²) in [5.74, 6) is 0.805. The molecule has 3 nitrogen and oxygen atoms in total. The van der Waals surface area contributed by atoms with Crippen LogP contribution in [-0.2, 0) is 0 Å². The van der Waals surface area contributed by atoms with Crippen molar-refractivity contribution < 1.29 is 4.39 Å². The molecule has 1 heterocycles. The maximum Gasteiger partial charge on any atom is 0.163 e. The number of nitrogens with zero attached hydrogens (tertiary/aromatic N) is 2. The first kappa shape index (κ1) is 13.5. The third-order valence-electron chi connectivity index (χ3n) is 2.84. The predicted octanol–water partition coefficient (Wildman–Crippen LogP) is 4.68. The van der Waals surface area contributed by atoms with Gasteiger partial charge in [0.25, 0.3) is 0 Å². The van der Waals surface area contributed by atoms with E-state index in [1.165, 1.54) is 12.1 Å². The molecule has 3 rings (SSSR count). The van der Waals surface area contributed by atoms with Crippen LogP contribution in [0.25, 0.3) is 11.4 Å². The van der Waals surface area contributed by atoms with Crippen molar-refractivity contribution in [2.24, 2.45) is 0 Å². The van der Waals surface area contributed by atoms with E-state index in [1.54, 1.807) is 18.2 Å². The molecule has 0 unspecified atom stereocenters. The highest BCUT2D eigenvalue weighted by Crippen LogP contribution is 2.22. The van der Waals surface area contributed by atoms with Crippen molar-refractivity contribution in [1.82, 2.24) is 9.97 Å². The zero-order chi connectivity index (χ0) is 14.7. The third-order valence-corrected chi connectivity index (χ3v) is 3.04. The van der Waals surface area contributed by atoms with E-state index in [0.29, 0.717) is 16.8 Å². The summed E-state index contributed by atoms with van der Waals surface area (Å²) in [5, 5.41) is 3.42. The molecule has 104 valence electrons. The first-order valence-electron chi connectivity index (χ1n) is 6.33. The van der Waals surface area contributed by atoms with Crippen molar-refractivity contribution >= 4 is 23.1 Å². The van der Waals surface area contributed by atoms with E-state index in [9.17, 15) is 4.39 Å². The molecule has 5 heteroatoms. The number of nitrogens with one attached hydrogen (secondary N) is 1. The van der Waals surface area contributed by atoms with Gasteiger partial charge in [-0.05, 0) is 24.3 Å². The molecule has 0 fully saturated rings. The van der Waals surface area contributed by atoms with Gasteiger partial charge in [0.05, 0.1) is 0 Å². The molecule has 1 N–H and O–H groups in total. The lowest BCUT2D eigenvalue weighted by molar-refractivity contribution is 0.628. The first-order chi connectivity index (χ1) is 10.2. The van der Waals surface area contributed by atoms with Gasteiger partial charge in [-0.2, -0.15) is 0 Å². The molecule has 0 aliphatic carbocycles. The molecular weight excluding hydrogens is 289 g/mol. The average molecular weight is 300 g/mol. The van der Waals surface area contributed by atoms with E-state index in [-0.39, 0.29) is 5.82 Å². The van der Waals surface area contributed by atoms with Gasteiger partial charge in [0.2, 0.25) is 0 Å². The Bertz CT molecular complexity index is 745. The SMILES string of the molecule is Fc1ccc(Nc2cc(Cl)nc(-c3ccccc3)n2)cc1. The number of rotatable bonds is 3. The van der Waals surface area contributed by atoms with Crippen LogP contribution in [0.3, 0.4) is 0 Å². The van der Waals surface area contributed by atoms with Gasteiger partial charge in [-0.1, -0.05) is 41.9 Å². The van der Waals surface area contributed by atoms with Crippen LogP contribution in [0.1, 0.15) is 0 Å². The maximum absolute atomic E-state index is 12.9. The van der Waals surface area contributed by atoms with Crippen LogP contribution in [0.4, 0.5) is 15.9 Å². The lowest BCUT2D eigenvalue weighted by Gasteiger charge is -2.08. The first-order valence-corrected chi connectivity index (χ1v) is 6.71. The molecule has 1 aromatic heterocycles. The lowest BCUT2D eigenvalue weighted by Crippen LogP contribution is -1.97.